The van der Waals surface area contributed by atoms with Crippen molar-refractivity contribution in [1.82, 2.24) is 4.98 Å². The van der Waals surface area contributed by atoms with E-state index in [1.54, 1.807) is 6.07 Å². The van der Waals surface area contributed by atoms with Gasteiger partial charge in [0.25, 0.3) is 5.91 Å². The number of thiazole rings is 1. The molecule has 4 rings (SSSR count). The number of carbonyl (C=O) groups is 1. The Labute approximate surface area is 151 Å². The Morgan fingerprint density at radius 1 is 1.28 bits per heavy atom. The van der Waals surface area contributed by atoms with Crippen LogP contribution in [0.3, 0.4) is 0 Å². The molecule has 0 saturated carbocycles. The molecule has 3 aromatic heterocycles. The van der Waals surface area contributed by atoms with E-state index in [1.807, 2.05) is 48.0 Å². The van der Waals surface area contributed by atoms with Gasteiger partial charge in [-0.25, -0.2) is 4.98 Å². The lowest BCUT2D eigenvalue weighted by Gasteiger charge is -2.02. The van der Waals surface area contributed by atoms with Gasteiger partial charge in [-0.3, -0.25) is 10.1 Å². The van der Waals surface area contributed by atoms with Crippen LogP contribution in [0.4, 0.5) is 5.13 Å². The van der Waals surface area contributed by atoms with Crippen LogP contribution in [0.1, 0.15) is 16.6 Å². The predicted octanol–water partition coefficient (Wildman–Crippen LogP) is 5.27. The first-order chi connectivity index (χ1) is 12.2. The van der Waals surface area contributed by atoms with Gasteiger partial charge in [-0.05, 0) is 30.5 Å². The largest absolute Gasteiger partial charge is 0.490 e. The molecule has 7 heteroatoms. The van der Waals surface area contributed by atoms with E-state index in [2.05, 4.69) is 10.3 Å². The Hall–Kier alpha value is -2.64. The van der Waals surface area contributed by atoms with E-state index in [-0.39, 0.29) is 5.91 Å². The summed E-state index contributed by atoms with van der Waals surface area (Å²) in [5, 5.41) is 8.04. The number of hydrogen-bond donors (Lipinski definition) is 1. The number of rotatable bonds is 5. The molecule has 1 amide bonds. The average molecular weight is 370 g/mol. The van der Waals surface area contributed by atoms with Crippen LogP contribution >= 0.6 is 22.7 Å². The Kier molecular flexibility index (Phi) is 4.25. The van der Waals surface area contributed by atoms with Crippen LogP contribution in [0.5, 0.6) is 5.75 Å². The highest BCUT2D eigenvalue weighted by molar-refractivity contribution is 7.14. The van der Waals surface area contributed by atoms with Gasteiger partial charge in [0.05, 0.1) is 11.5 Å². The summed E-state index contributed by atoms with van der Waals surface area (Å²) in [5.74, 6) is 1.21. The van der Waals surface area contributed by atoms with Crippen molar-refractivity contribution in [2.45, 2.75) is 6.92 Å². The van der Waals surface area contributed by atoms with Gasteiger partial charge in [0.2, 0.25) is 0 Å². The van der Waals surface area contributed by atoms with Gasteiger partial charge in [0, 0.05) is 10.8 Å². The standard InChI is InChI=1S/C18H14N2O3S2/c1-2-22-13-6-3-5-11-9-14(23-16(11)13)12-10-25-18(19-12)20-17(21)15-7-4-8-24-15/h3-10H,2H2,1H3,(H,19,20,21). The number of carbonyl (C=O) groups excluding carboxylic acids is 1. The van der Waals surface area contributed by atoms with Crippen molar-refractivity contribution in [2.75, 3.05) is 11.9 Å². The predicted molar refractivity (Wildman–Crippen MR) is 101 cm³/mol. The second kappa shape index (κ2) is 6.70. The molecule has 0 bridgehead atoms. The topological polar surface area (TPSA) is 64.4 Å². The number of furan rings is 1. The molecule has 3 heterocycles. The second-order valence-corrected chi connectivity index (χ2v) is 6.99. The van der Waals surface area contributed by atoms with E-state index in [4.69, 9.17) is 9.15 Å². The molecule has 0 spiro atoms. The summed E-state index contributed by atoms with van der Waals surface area (Å²) in [6.07, 6.45) is 0. The molecule has 0 unspecified atom stereocenters. The quantitative estimate of drug-likeness (QED) is 0.520. The zero-order chi connectivity index (χ0) is 17.2. The summed E-state index contributed by atoms with van der Waals surface area (Å²) in [6.45, 7) is 2.51. The smallest absolute Gasteiger partial charge is 0.267 e. The second-order valence-electron chi connectivity index (χ2n) is 5.19. The van der Waals surface area contributed by atoms with Crippen LogP contribution < -0.4 is 10.1 Å². The molecule has 0 aliphatic carbocycles. The normalized spacial score (nSPS) is 10.9. The number of benzene rings is 1. The van der Waals surface area contributed by atoms with Crippen LogP contribution in [0, 0.1) is 0 Å². The Balaban J connectivity index is 1.60. The van der Waals surface area contributed by atoms with Gasteiger partial charge in [0.1, 0.15) is 5.69 Å². The van der Waals surface area contributed by atoms with Gasteiger partial charge < -0.3 is 9.15 Å². The lowest BCUT2D eigenvalue weighted by Crippen LogP contribution is -2.09. The molecule has 0 aliphatic heterocycles. The maximum Gasteiger partial charge on any atom is 0.267 e. The van der Waals surface area contributed by atoms with Crippen molar-refractivity contribution in [1.29, 1.82) is 0 Å². The van der Waals surface area contributed by atoms with E-state index >= 15 is 0 Å². The monoisotopic (exact) mass is 370 g/mol. The number of aromatic nitrogens is 1. The highest BCUT2D eigenvalue weighted by Gasteiger charge is 2.15. The molecule has 5 nitrogen and oxygen atoms in total. The van der Waals surface area contributed by atoms with Crippen LogP contribution in [0.25, 0.3) is 22.4 Å². The summed E-state index contributed by atoms with van der Waals surface area (Å²) in [4.78, 5) is 17.2. The zero-order valence-electron chi connectivity index (χ0n) is 13.3. The number of hydrogen-bond acceptors (Lipinski definition) is 6. The zero-order valence-corrected chi connectivity index (χ0v) is 14.9. The third-order valence-electron chi connectivity index (χ3n) is 3.53. The Morgan fingerprint density at radius 2 is 2.20 bits per heavy atom. The number of amides is 1. The van der Waals surface area contributed by atoms with E-state index in [0.29, 0.717) is 39.4 Å². The minimum Gasteiger partial charge on any atom is -0.490 e. The molecule has 0 fully saturated rings. The van der Waals surface area contributed by atoms with Crippen molar-refractivity contribution in [3.63, 3.8) is 0 Å². The van der Waals surface area contributed by atoms with E-state index in [0.717, 1.165) is 5.39 Å². The molecule has 1 N–H and O–H groups in total. The minimum atomic E-state index is -0.154. The summed E-state index contributed by atoms with van der Waals surface area (Å²) in [5.41, 5.74) is 1.39. The van der Waals surface area contributed by atoms with Gasteiger partial charge in [-0.15, -0.1) is 22.7 Å². The van der Waals surface area contributed by atoms with Gasteiger partial charge >= 0.3 is 0 Å². The van der Waals surface area contributed by atoms with Crippen molar-refractivity contribution in [3.05, 3.63) is 52.0 Å². The number of nitrogens with one attached hydrogen (secondary N) is 1. The van der Waals surface area contributed by atoms with E-state index in [1.165, 1.54) is 22.7 Å². The SMILES string of the molecule is CCOc1cccc2cc(-c3csc(NC(=O)c4cccs4)n3)oc12. The van der Waals surface area contributed by atoms with Crippen molar-refractivity contribution < 1.29 is 13.9 Å². The Morgan fingerprint density at radius 3 is 3.00 bits per heavy atom. The molecule has 0 atom stereocenters. The third-order valence-corrected chi connectivity index (χ3v) is 5.16. The van der Waals surface area contributed by atoms with Gasteiger partial charge in [-0.2, -0.15) is 0 Å². The summed E-state index contributed by atoms with van der Waals surface area (Å²) in [7, 11) is 0. The molecule has 0 radical (unpaired) electrons. The molecule has 0 aliphatic rings. The number of ether oxygens (including phenoxy) is 1. The highest BCUT2D eigenvalue weighted by Crippen LogP contribution is 2.34. The van der Waals surface area contributed by atoms with Crippen LogP contribution in [-0.4, -0.2) is 17.5 Å². The van der Waals surface area contributed by atoms with Crippen LogP contribution in [0.15, 0.2) is 51.6 Å². The van der Waals surface area contributed by atoms with Crippen molar-refractivity contribution >= 4 is 44.7 Å². The average Bonchev–Trinajstić information content (AvgIpc) is 3.35. The number of para-hydroxylation sites is 1. The van der Waals surface area contributed by atoms with Crippen LogP contribution in [-0.2, 0) is 0 Å². The molecule has 126 valence electrons. The highest BCUT2D eigenvalue weighted by atomic mass is 32.1. The van der Waals surface area contributed by atoms with Crippen molar-refractivity contribution in [3.8, 4) is 17.2 Å². The minimum absolute atomic E-state index is 0.154. The number of anilines is 1. The van der Waals surface area contributed by atoms with E-state index < -0.39 is 0 Å². The maximum atomic E-state index is 12.1. The fraction of sp³-hybridized carbons (Fsp3) is 0.111. The number of fused-ring (bicyclic) bond motifs is 1. The molecular formula is C18H14N2O3S2. The lowest BCUT2D eigenvalue weighted by atomic mass is 10.2. The number of nitrogens with zero attached hydrogens (tertiary/aromatic N) is 1. The van der Waals surface area contributed by atoms with Gasteiger partial charge in [-0.1, -0.05) is 18.2 Å². The number of thiophene rings is 1. The first kappa shape index (κ1) is 15.9. The first-order valence-corrected chi connectivity index (χ1v) is 9.46. The summed E-state index contributed by atoms with van der Waals surface area (Å²) < 4.78 is 11.5. The molecule has 4 aromatic rings. The van der Waals surface area contributed by atoms with E-state index in [9.17, 15) is 4.79 Å². The van der Waals surface area contributed by atoms with Crippen LogP contribution in [0.2, 0.25) is 0 Å². The lowest BCUT2D eigenvalue weighted by molar-refractivity contribution is 0.103. The summed E-state index contributed by atoms with van der Waals surface area (Å²) >= 11 is 2.76. The fourth-order valence-electron chi connectivity index (χ4n) is 2.44. The maximum absolute atomic E-state index is 12.1. The molecule has 0 saturated heterocycles. The molecule has 1 aromatic carbocycles. The Bertz CT molecular complexity index is 1020. The first-order valence-electron chi connectivity index (χ1n) is 7.70. The summed E-state index contributed by atoms with van der Waals surface area (Å²) in [6, 6.07) is 11.3. The fourth-order valence-corrected chi connectivity index (χ4v) is 3.76. The molecular weight excluding hydrogens is 356 g/mol. The van der Waals surface area contributed by atoms with Gasteiger partial charge in [0.15, 0.2) is 22.2 Å². The molecule has 25 heavy (non-hydrogen) atoms. The third kappa shape index (κ3) is 3.16. The van der Waals surface area contributed by atoms with Crippen molar-refractivity contribution in [2.24, 2.45) is 0 Å².